The van der Waals surface area contributed by atoms with Gasteiger partial charge in [0.2, 0.25) is 0 Å². The van der Waals surface area contributed by atoms with Crippen LogP contribution in [0, 0.1) is 0 Å². The number of hydrogen-bond donors (Lipinski definition) is 0. The highest BCUT2D eigenvalue weighted by Gasteiger charge is 2.18. The van der Waals surface area contributed by atoms with E-state index in [1.807, 2.05) is 24.3 Å². The lowest BCUT2D eigenvalue weighted by atomic mass is 10.0. The third kappa shape index (κ3) is 2.09. The van der Waals surface area contributed by atoms with E-state index in [1.54, 1.807) is 0 Å². The van der Waals surface area contributed by atoms with Crippen molar-refractivity contribution in [1.82, 2.24) is 0 Å². The molecule has 2 aromatic rings. The highest BCUT2D eigenvalue weighted by molar-refractivity contribution is 9.10. The average molecular weight is 314 g/mol. The van der Waals surface area contributed by atoms with E-state index >= 15 is 0 Å². The molecule has 1 aliphatic heterocycles. The Morgan fingerprint density at radius 1 is 1.24 bits per heavy atom. The molecule has 1 aliphatic rings. The van der Waals surface area contributed by atoms with E-state index in [1.165, 1.54) is 5.56 Å². The van der Waals surface area contributed by atoms with Crippen molar-refractivity contribution in [2.24, 2.45) is 0 Å². The van der Waals surface area contributed by atoms with Crippen LogP contribution in [0.4, 0.5) is 0 Å². The van der Waals surface area contributed by atoms with Crippen LogP contribution in [-0.4, -0.2) is 6.61 Å². The second-order valence-corrected chi connectivity index (χ2v) is 5.19. The zero-order chi connectivity index (χ0) is 11.8. The minimum Gasteiger partial charge on any atom is -0.493 e. The highest BCUT2D eigenvalue weighted by atomic mass is 79.9. The lowest BCUT2D eigenvalue weighted by Gasteiger charge is -2.08. The summed E-state index contributed by atoms with van der Waals surface area (Å²) in [5.74, 6) is 1.72. The summed E-state index contributed by atoms with van der Waals surface area (Å²) in [4.78, 5) is 0. The summed E-state index contributed by atoms with van der Waals surface area (Å²) in [6, 6.07) is 9.78. The molecule has 1 aromatic carbocycles. The molecule has 1 unspecified atom stereocenters. The van der Waals surface area contributed by atoms with E-state index < -0.39 is 0 Å². The summed E-state index contributed by atoms with van der Waals surface area (Å²) in [6.45, 7) is 0.762. The standard InChI is InChI=1S/C13H10BrClO2/c14-12-4-3-11(17-12)13(15)9-1-2-10-8(7-9)5-6-16-10/h1-4,7,13H,5-6H2. The monoisotopic (exact) mass is 312 g/mol. The zero-order valence-electron chi connectivity index (χ0n) is 8.95. The number of hydrogen-bond acceptors (Lipinski definition) is 2. The summed E-state index contributed by atoms with van der Waals surface area (Å²) in [7, 11) is 0. The van der Waals surface area contributed by atoms with Gasteiger partial charge in [-0.2, -0.15) is 0 Å². The van der Waals surface area contributed by atoms with Crippen molar-refractivity contribution in [2.45, 2.75) is 11.8 Å². The van der Waals surface area contributed by atoms with Crippen LogP contribution in [0.3, 0.4) is 0 Å². The summed E-state index contributed by atoms with van der Waals surface area (Å²) in [6.07, 6.45) is 0.953. The summed E-state index contributed by atoms with van der Waals surface area (Å²) in [5.41, 5.74) is 2.26. The second kappa shape index (κ2) is 4.39. The molecule has 0 spiro atoms. The van der Waals surface area contributed by atoms with Crippen molar-refractivity contribution in [3.63, 3.8) is 0 Å². The molecule has 4 heteroatoms. The van der Waals surface area contributed by atoms with Crippen molar-refractivity contribution in [2.75, 3.05) is 6.61 Å². The minimum atomic E-state index is -0.257. The Morgan fingerprint density at radius 3 is 2.88 bits per heavy atom. The van der Waals surface area contributed by atoms with Gasteiger partial charge in [0, 0.05) is 6.42 Å². The molecule has 1 atom stereocenters. The van der Waals surface area contributed by atoms with E-state index in [0.717, 1.165) is 30.1 Å². The van der Waals surface area contributed by atoms with E-state index in [2.05, 4.69) is 22.0 Å². The molecule has 0 radical (unpaired) electrons. The normalized spacial score (nSPS) is 15.4. The van der Waals surface area contributed by atoms with Crippen molar-refractivity contribution < 1.29 is 9.15 Å². The van der Waals surface area contributed by atoms with Gasteiger partial charge in [-0.3, -0.25) is 0 Å². The number of alkyl halides is 1. The molecule has 3 rings (SSSR count). The lowest BCUT2D eigenvalue weighted by molar-refractivity contribution is 0.357. The molecule has 88 valence electrons. The summed E-state index contributed by atoms with van der Waals surface area (Å²) < 4.78 is 11.6. The number of fused-ring (bicyclic) bond motifs is 1. The van der Waals surface area contributed by atoms with Crippen LogP contribution < -0.4 is 4.74 Å². The molecule has 0 saturated carbocycles. The molecule has 0 aliphatic carbocycles. The molecule has 17 heavy (non-hydrogen) atoms. The van der Waals surface area contributed by atoms with Crippen LogP contribution in [0.2, 0.25) is 0 Å². The highest BCUT2D eigenvalue weighted by Crippen LogP contribution is 2.35. The van der Waals surface area contributed by atoms with Gasteiger partial charge < -0.3 is 9.15 Å². The summed E-state index contributed by atoms with van der Waals surface area (Å²) >= 11 is 9.67. The predicted octanol–water partition coefficient (Wildman–Crippen LogP) is 4.31. The van der Waals surface area contributed by atoms with Gasteiger partial charge in [-0.1, -0.05) is 12.1 Å². The zero-order valence-corrected chi connectivity index (χ0v) is 11.3. The Hall–Kier alpha value is -0.930. The quantitative estimate of drug-likeness (QED) is 0.771. The SMILES string of the molecule is ClC(c1ccc2c(c1)CCO2)c1ccc(Br)o1. The third-order valence-corrected chi connectivity index (χ3v) is 3.74. The van der Waals surface area contributed by atoms with Gasteiger partial charge >= 0.3 is 0 Å². The maximum absolute atomic E-state index is 6.39. The fourth-order valence-corrected chi connectivity index (χ4v) is 2.57. The third-order valence-electron chi connectivity index (χ3n) is 2.85. The number of benzene rings is 1. The van der Waals surface area contributed by atoms with Crippen LogP contribution in [0.1, 0.15) is 22.3 Å². The van der Waals surface area contributed by atoms with Gasteiger partial charge in [0.25, 0.3) is 0 Å². The first-order valence-corrected chi connectivity index (χ1v) is 6.62. The van der Waals surface area contributed by atoms with Crippen LogP contribution in [0.15, 0.2) is 39.4 Å². The fraction of sp³-hybridized carbons (Fsp3) is 0.231. The van der Waals surface area contributed by atoms with Gasteiger partial charge in [-0.15, -0.1) is 11.6 Å². The van der Waals surface area contributed by atoms with E-state index in [0.29, 0.717) is 4.67 Å². The maximum Gasteiger partial charge on any atom is 0.169 e. The molecular weight excluding hydrogens is 303 g/mol. The van der Waals surface area contributed by atoms with Crippen LogP contribution >= 0.6 is 27.5 Å². The van der Waals surface area contributed by atoms with Crippen molar-refractivity contribution in [3.8, 4) is 5.75 Å². The van der Waals surface area contributed by atoms with Crippen molar-refractivity contribution in [3.05, 3.63) is 51.9 Å². The molecule has 1 aromatic heterocycles. The molecule has 0 fully saturated rings. The summed E-state index contributed by atoms with van der Waals surface area (Å²) in [5, 5.41) is -0.257. The van der Waals surface area contributed by atoms with Gasteiger partial charge in [-0.25, -0.2) is 0 Å². The molecule has 0 saturated heterocycles. The van der Waals surface area contributed by atoms with Gasteiger partial charge in [-0.05, 0) is 45.3 Å². The first kappa shape index (κ1) is 11.2. The first-order valence-electron chi connectivity index (χ1n) is 5.39. The molecule has 0 N–H and O–H groups in total. The van der Waals surface area contributed by atoms with E-state index in [-0.39, 0.29) is 5.38 Å². The Bertz CT molecular complexity index is 550. The minimum absolute atomic E-state index is 0.257. The Morgan fingerprint density at radius 2 is 2.12 bits per heavy atom. The van der Waals surface area contributed by atoms with Gasteiger partial charge in [0.1, 0.15) is 16.9 Å². The molecule has 0 amide bonds. The first-order chi connectivity index (χ1) is 8.24. The van der Waals surface area contributed by atoms with Crippen molar-refractivity contribution in [1.29, 1.82) is 0 Å². The Balaban J connectivity index is 1.94. The van der Waals surface area contributed by atoms with Gasteiger partial charge in [0.05, 0.1) is 6.61 Å². The molecule has 2 nitrogen and oxygen atoms in total. The molecule has 0 bridgehead atoms. The van der Waals surface area contributed by atoms with Crippen LogP contribution in [-0.2, 0) is 6.42 Å². The fourth-order valence-electron chi connectivity index (χ4n) is 1.99. The molecule has 2 heterocycles. The second-order valence-electron chi connectivity index (χ2n) is 3.97. The number of furan rings is 1. The average Bonchev–Trinajstić information content (AvgIpc) is 2.95. The predicted molar refractivity (Wildman–Crippen MR) is 69.7 cm³/mol. The smallest absolute Gasteiger partial charge is 0.169 e. The number of ether oxygens (including phenoxy) is 1. The van der Waals surface area contributed by atoms with Crippen LogP contribution in [0.25, 0.3) is 0 Å². The van der Waals surface area contributed by atoms with E-state index in [4.69, 9.17) is 20.8 Å². The lowest BCUT2D eigenvalue weighted by Crippen LogP contribution is -1.92. The number of halogens is 2. The largest absolute Gasteiger partial charge is 0.493 e. The number of rotatable bonds is 2. The van der Waals surface area contributed by atoms with E-state index in [9.17, 15) is 0 Å². The maximum atomic E-state index is 6.39. The van der Waals surface area contributed by atoms with Crippen molar-refractivity contribution >= 4 is 27.5 Å². The topological polar surface area (TPSA) is 22.4 Å². The van der Waals surface area contributed by atoms with Gasteiger partial charge in [0.15, 0.2) is 4.67 Å². The Kier molecular flexibility index (Phi) is 2.89. The van der Waals surface area contributed by atoms with Crippen LogP contribution in [0.5, 0.6) is 5.75 Å². The Labute approximate surface area is 113 Å². The molecular formula is C13H10BrClO2.